The van der Waals surface area contributed by atoms with Crippen molar-refractivity contribution >= 4 is 28.3 Å². The van der Waals surface area contributed by atoms with E-state index in [-0.39, 0.29) is 6.17 Å². The maximum absolute atomic E-state index is 12.8. The Kier molecular flexibility index (Phi) is 4.39. The molecule has 1 unspecified atom stereocenters. The number of piperazine rings is 1. The molecule has 0 bridgehead atoms. The number of aliphatic imine (C=N–C) groups is 1. The van der Waals surface area contributed by atoms with Gasteiger partial charge in [0.25, 0.3) is 0 Å². The number of pyridine rings is 1. The van der Waals surface area contributed by atoms with Crippen molar-refractivity contribution < 1.29 is 4.42 Å². The summed E-state index contributed by atoms with van der Waals surface area (Å²) >= 11 is 0. The molecule has 8 nitrogen and oxygen atoms in total. The zero-order chi connectivity index (χ0) is 21.0. The molecular weight excluding hydrogens is 380 g/mol. The van der Waals surface area contributed by atoms with Gasteiger partial charge in [0.2, 0.25) is 5.71 Å². The highest BCUT2D eigenvalue weighted by Gasteiger charge is 2.30. The van der Waals surface area contributed by atoms with Crippen molar-refractivity contribution in [2.45, 2.75) is 45.9 Å². The van der Waals surface area contributed by atoms with E-state index >= 15 is 0 Å². The topological polar surface area (TPSA) is 86.0 Å². The van der Waals surface area contributed by atoms with Gasteiger partial charge in [0.05, 0.1) is 22.7 Å². The molecule has 1 fully saturated rings. The monoisotopic (exact) mass is 406 g/mol. The van der Waals surface area contributed by atoms with Crippen LogP contribution < -0.4 is 21.2 Å². The lowest BCUT2D eigenvalue weighted by molar-refractivity contribution is 0.422. The van der Waals surface area contributed by atoms with Gasteiger partial charge in [-0.15, -0.1) is 0 Å². The molecule has 3 aliphatic rings. The summed E-state index contributed by atoms with van der Waals surface area (Å²) in [6.45, 7) is 10.0. The summed E-state index contributed by atoms with van der Waals surface area (Å²) in [4.78, 5) is 26.3. The fraction of sp³-hybridized carbons (Fsp3) is 0.409. The van der Waals surface area contributed by atoms with E-state index in [1.54, 1.807) is 0 Å². The summed E-state index contributed by atoms with van der Waals surface area (Å²) in [5, 5.41) is 7.65. The largest absolute Gasteiger partial charge is 0.403 e. The molecule has 3 atom stereocenters. The Labute approximate surface area is 175 Å². The summed E-state index contributed by atoms with van der Waals surface area (Å²) in [5.41, 5.74) is 3.07. The van der Waals surface area contributed by atoms with Crippen molar-refractivity contribution in [1.29, 1.82) is 0 Å². The standard InChI is InChI=1S/C22H26N6O2/c1-12-10-28(14(3)8-23-12)19-6-5-16-7-17(22(29)30-21(16)26-19)18-11-27-9-13(2)24-15(4)20(27)25-18/h5-7,9,11-12,14,20,23,25H,8,10H2,1-4H3/t12-,14+,20?/m0/s1. The Morgan fingerprint density at radius 2 is 2.03 bits per heavy atom. The van der Waals surface area contributed by atoms with Gasteiger partial charge in [-0.3, -0.25) is 4.99 Å². The number of hydrogen-bond donors (Lipinski definition) is 2. The zero-order valence-electron chi connectivity index (χ0n) is 17.6. The maximum atomic E-state index is 12.8. The van der Waals surface area contributed by atoms with Crippen LogP contribution in [-0.4, -0.2) is 46.9 Å². The lowest BCUT2D eigenvalue weighted by Crippen LogP contribution is -2.54. The number of allylic oxidation sites excluding steroid dienone is 1. The van der Waals surface area contributed by atoms with Crippen LogP contribution in [-0.2, 0) is 0 Å². The Hall–Kier alpha value is -3.13. The third-order valence-electron chi connectivity index (χ3n) is 5.89. The number of rotatable bonds is 2. The van der Waals surface area contributed by atoms with E-state index < -0.39 is 5.63 Å². The van der Waals surface area contributed by atoms with Crippen LogP contribution in [0.4, 0.5) is 5.82 Å². The van der Waals surface area contributed by atoms with Crippen molar-refractivity contribution in [3.63, 3.8) is 0 Å². The average molecular weight is 406 g/mol. The van der Waals surface area contributed by atoms with Crippen LogP contribution in [0.2, 0.25) is 0 Å². The first-order chi connectivity index (χ1) is 14.4. The summed E-state index contributed by atoms with van der Waals surface area (Å²) in [6.07, 6.45) is 3.82. The van der Waals surface area contributed by atoms with Crippen LogP contribution in [0.1, 0.15) is 33.3 Å². The van der Waals surface area contributed by atoms with E-state index in [1.165, 1.54) is 0 Å². The molecule has 3 aliphatic heterocycles. The smallest absolute Gasteiger partial charge is 0.347 e. The van der Waals surface area contributed by atoms with Gasteiger partial charge in [-0.1, -0.05) is 0 Å². The molecule has 5 rings (SSSR count). The number of hydrogen-bond acceptors (Lipinski definition) is 8. The zero-order valence-corrected chi connectivity index (χ0v) is 17.6. The molecular formula is C22H26N6O2. The lowest BCUT2D eigenvalue weighted by atomic mass is 10.1. The van der Waals surface area contributed by atoms with Gasteiger partial charge >= 0.3 is 5.63 Å². The van der Waals surface area contributed by atoms with Crippen molar-refractivity contribution in [2.75, 3.05) is 18.0 Å². The van der Waals surface area contributed by atoms with Crippen LogP contribution in [0.25, 0.3) is 16.8 Å². The Morgan fingerprint density at radius 1 is 1.20 bits per heavy atom. The molecule has 30 heavy (non-hydrogen) atoms. The minimum Gasteiger partial charge on any atom is -0.403 e. The quantitative estimate of drug-likeness (QED) is 0.791. The van der Waals surface area contributed by atoms with E-state index in [0.717, 1.165) is 41.4 Å². The molecule has 0 spiro atoms. The van der Waals surface area contributed by atoms with Gasteiger partial charge in [-0.2, -0.15) is 4.98 Å². The first-order valence-corrected chi connectivity index (χ1v) is 10.3. The van der Waals surface area contributed by atoms with Gasteiger partial charge in [0.15, 0.2) is 0 Å². The molecule has 1 saturated heterocycles. The molecule has 5 heterocycles. The van der Waals surface area contributed by atoms with Crippen molar-refractivity contribution in [3.8, 4) is 0 Å². The second-order valence-electron chi connectivity index (χ2n) is 8.38. The molecule has 8 heteroatoms. The molecule has 2 aromatic heterocycles. The molecule has 0 aliphatic carbocycles. The van der Waals surface area contributed by atoms with E-state index in [2.05, 4.69) is 39.4 Å². The average Bonchev–Trinajstić information content (AvgIpc) is 3.13. The first-order valence-electron chi connectivity index (χ1n) is 10.3. The normalized spacial score (nSPS) is 26.1. The summed E-state index contributed by atoms with van der Waals surface area (Å²) in [5.74, 6) is 0.835. The third kappa shape index (κ3) is 3.17. The van der Waals surface area contributed by atoms with E-state index in [1.807, 2.05) is 49.3 Å². The number of nitrogens with zero attached hydrogens (tertiary/aromatic N) is 4. The van der Waals surface area contributed by atoms with Gasteiger partial charge in [0, 0.05) is 43.0 Å². The number of anilines is 1. The third-order valence-corrected chi connectivity index (χ3v) is 5.89. The number of aromatic nitrogens is 1. The molecule has 2 N–H and O–H groups in total. The van der Waals surface area contributed by atoms with E-state index in [4.69, 9.17) is 4.42 Å². The van der Waals surface area contributed by atoms with Crippen LogP contribution in [0, 0.1) is 0 Å². The Morgan fingerprint density at radius 3 is 2.87 bits per heavy atom. The minimum atomic E-state index is -0.400. The molecule has 156 valence electrons. The van der Waals surface area contributed by atoms with E-state index in [0.29, 0.717) is 23.4 Å². The highest BCUT2D eigenvalue weighted by molar-refractivity contribution is 5.92. The van der Waals surface area contributed by atoms with Gasteiger partial charge < -0.3 is 24.9 Å². The second kappa shape index (κ2) is 6.98. The summed E-state index contributed by atoms with van der Waals surface area (Å²) in [7, 11) is 0. The highest BCUT2D eigenvalue weighted by atomic mass is 16.4. The number of nitrogens with one attached hydrogen (secondary N) is 2. The SMILES string of the molecule is CC1=CN2C=C(c3cc4ccc(N5C[C@H](C)NC[C@H]5C)nc4oc3=O)NC2C(C)=N1. The van der Waals surface area contributed by atoms with Gasteiger partial charge in [-0.25, -0.2) is 4.79 Å². The van der Waals surface area contributed by atoms with Crippen LogP contribution in [0.15, 0.2) is 50.5 Å². The van der Waals surface area contributed by atoms with Gasteiger partial charge in [0.1, 0.15) is 12.0 Å². The molecule has 0 radical (unpaired) electrons. The van der Waals surface area contributed by atoms with Crippen LogP contribution in [0.5, 0.6) is 0 Å². The predicted molar refractivity (Wildman–Crippen MR) is 118 cm³/mol. The molecule has 2 aromatic rings. The fourth-order valence-electron chi connectivity index (χ4n) is 4.32. The molecule has 0 aromatic carbocycles. The minimum absolute atomic E-state index is 0.0736. The Bertz CT molecular complexity index is 1160. The van der Waals surface area contributed by atoms with Crippen LogP contribution >= 0.6 is 0 Å². The van der Waals surface area contributed by atoms with Gasteiger partial charge in [-0.05, 0) is 45.9 Å². The van der Waals surface area contributed by atoms with Crippen molar-refractivity contribution in [2.24, 2.45) is 4.99 Å². The Balaban J connectivity index is 1.49. The highest BCUT2D eigenvalue weighted by Crippen LogP contribution is 2.26. The van der Waals surface area contributed by atoms with Crippen molar-refractivity contribution in [1.82, 2.24) is 20.5 Å². The second-order valence-corrected chi connectivity index (χ2v) is 8.38. The fourth-order valence-corrected chi connectivity index (χ4v) is 4.32. The summed E-state index contributed by atoms with van der Waals surface area (Å²) in [6, 6.07) is 6.54. The van der Waals surface area contributed by atoms with Crippen LogP contribution in [0.3, 0.4) is 0 Å². The van der Waals surface area contributed by atoms with E-state index in [9.17, 15) is 4.79 Å². The molecule has 0 amide bonds. The summed E-state index contributed by atoms with van der Waals surface area (Å²) < 4.78 is 5.65. The maximum Gasteiger partial charge on any atom is 0.347 e. The molecule has 0 saturated carbocycles. The lowest BCUT2D eigenvalue weighted by Gasteiger charge is -2.38. The van der Waals surface area contributed by atoms with Crippen molar-refractivity contribution in [3.05, 3.63) is 52.3 Å². The number of fused-ring (bicyclic) bond motifs is 2. The predicted octanol–water partition coefficient (Wildman–Crippen LogP) is 2.24. The first kappa shape index (κ1) is 18.9.